The molecule has 1 nitrogen and oxygen atoms in total. The molecule has 1 aliphatic heterocycles. The van der Waals surface area contributed by atoms with E-state index in [-0.39, 0.29) is 0 Å². The lowest BCUT2D eigenvalue weighted by Crippen LogP contribution is -2.22. The summed E-state index contributed by atoms with van der Waals surface area (Å²) in [4.78, 5) is 2.43. The Morgan fingerprint density at radius 2 is 1.48 bits per heavy atom. The Balaban J connectivity index is 1.79. The van der Waals surface area contributed by atoms with Crippen molar-refractivity contribution >= 4 is 17.5 Å². The zero-order valence-corrected chi connectivity index (χ0v) is 13.1. The monoisotopic (exact) mass is 297 g/mol. The van der Waals surface area contributed by atoms with Crippen LogP contribution in [-0.4, -0.2) is 0 Å². The molecular weight excluding hydrogens is 278 g/mol. The van der Waals surface area contributed by atoms with Gasteiger partial charge in [0.15, 0.2) is 0 Å². The third-order valence-electron chi connectivity index (χ3n) is 4.47. The fourth-order valence-corrected chi connectivity index (χ4v) is 3.35. The van der Waals surface area contributed by atoms with Crippen LogP contribution in [0.1, 0.15) is 22.3 Å². The smallest absolute Gasteiger partial charge is 0.0482 e. The van der Waals surface area contributed by atoms with Crippen LogP contribution >= 0.6 is 0 Å². The molecule has 0 radical (unpaired) electrons. The van der Waals surface area contributed by atoms with E-state index in [1.54, 1.807) is 0 Å². The molecule has 0 unspecified atom stereocenters. The van der Waals surface area contributed by atoms with Gasteiger partial charge in [-0.05, 0) is 40.5 Å². The maximum Gasteiger partial charge on any atom is 0.0482 e. The summed E-state index contributed by atoms with van der Waals surface area (Å²) in [6, 6.07) is 26.0. The SMILES string of the molecule is C=Cc1cccc(CN2c3ccccc3Cc3ccccc32)c1. The molecule has 0 bridgehead atoms. The topological polar surface area (TPSA) is 3.24 Å². The molecule has 0 atom stereocenters. The summed E-state index contributed by atoms with van der Waals surface area (Å²) in [5.74, 6) is 0. The summed E-state index contributed by atoms with van der Waals surface area (Å²) in [6.07, 6.45) is 2.91. The van der Waals surface area contributed by atoms with Gasteiger partial charge in [-0.25, -0.2) is 0 Å². The molecule has 0 N–H and O–H groups in total. The van der Waals surface area contributed by atoms with E-state index in [2.05, 4.69) is 84.3 Å². The van der Waals surface area contributed by atoms with Gasteiger partial charge < -0.3 is 4.90 Å². The van der Waals surface area contributed by atoms with Crippen molar-refractivity contribution in [3.8, 4) is 0 Å². The number of hydrogen-bond acceptors (Lipinski definition) is 1. The van der Waals surface area contributed by atoms with Crippen molar-refractivity contribution in [1.29, 1.82) is 0 Å². The van der Waals surface area contributed by atoms with Crippen LogP contribution in [0.25, 0.3) is 6.08 Å². The van der Waals surface area contributed by atoms with Crippen LogP contribution in [0.3, 0.4) is 0 Å². The summed E-state index contributed by atoms with van der Waals surface area (Å²) in [6.45, 7) is 4.75. The molecule has 0 fully saturated rings. The highest BCUT2D eigenvalue weighted by Gasteiger charge is 2.21. The van der Waals surface area contributed by atoms with Gasteiger partial charge in [0.2, 0.25) is 0 Å². The molecular formula is C22H19N. The molecule has 0 spiro atoms. The predicted octanol–water partition coefficient (Wildman–Crippen LogP) is 5.57. The van der Waals surface area contributed by atoms with Crippen molar-refractivity contribution in [2.45, 2.75) is 13.0 Å². The van der Waals surface area contributed by atoms with Crippen LogP contribution < -0.4 is 4.90 Å². The molecule has 4 rings (SSSR count). The normalized spacial score (nSPS) is 12.4. The van der Waals surface area contributed by atoms with Gasteiger partial charge in [0, 0.05) is 24.3 Å². The van der Waals surface area contributed by atoms with Crippen LogP contribution in [-0.2, 0) is 13.0 Å². The molecule has 3 aromatic rings. The maximum absolute atomic E-state index is 3.88. The Hall–Kier alpha value is -2.80. The number of hydrogen-bond donors (Lipinski definition) is 0. The van der Waals surface area contributed by atoms with Gasteiger partial charge in [0.25, 0.3) is 0 Å². The quantitative estimate of drug-likeness (QED) is 0.610. The number of anilines is 2. The number of benzene rings is 3. The van der Waals surface area contributed by atoms with Gasteiger partial charge in [-0.2, -0.15) is 0 Å². The lowest BCUT2D eigenvalue weighted by molar-refractivity contribution is 0.925. The minimum absolute atomic E-state index is 0.871. The highest BCUT2D eigenvalue weighted by molar-refractivity contribution is 5.74. The van der Waals surface area contributed by atoms with Gasteiger partial charge in [-0.1, -0.05) is 67.3 Å². The zero-order chi connectivity index (χ0) is 15.6. The second-order valence-electron chi connectivity index (χ2n) is 5.97. The number of fused-ring (bicyclic) bond motifs is 2. The second-order valence-corrected chi connectivity index (χ2v) is 5.97. The Morgan fingerprint density at radius 1 is 0.826 bits per heavy atom. The predicted molar refractivity (Wildman–Crippen MR) is 98.1 cm³/mol. The van der Waals surface area contributed by atoms with E-state index in [0.717, 1.165) is 13.0 Å². The highest BCUT2D eigenvalue weighted by atomic mass is 15.1. The molecule has 112 valence electrons. The Bertz CT molecular complexity index is 818. The van der Waals surface area contributed by atoms with Crippen LogP contribution in [0.4, 0.5) is 11.4 Å². The summed E-state index contributed by atoms with van der Waals surface area (Å²) in [7, 11) is 0. The summed E-state index contributed by atoms with van der Waals surface area (Å²) >= 11 is 0. The molecule has 1 heteroatoms. The summed E-state index contributed by atoms with van der Waals surface area (Å²) < 4.78 is 0. The van der Waals surface area contributed by atoms with Crippen LogP contribution in [0.15, 0.2) is 79.4 Å². The molecule has 0 amide bonds. The first-order valence-electron chi connectivity index (χ1n) is 8.00. The molecule has 0 aliphatic carbocycles. The molecule has 1 aliphatic rings. The molecule has 0 saturated carbocycles. The largest absolute Gasteiger partial charge is 0.337 e. The van der Waals surface area contributed by atoms with Crippen molar-refractivity contribution in [2.75, 3.05) is 4.90 Å². The molecule has 0 aromatic heterocycles. The van der Waals surface area contributed by atoms with E-state index in [9.17, 15) is 0 Å². The molecule has 0 saturated heterocycles. The number of nitrogens with zero attached hydrogens (tertiary/aromatic N) is 1. The highest BCUT2D eigenvalue weighted by Crippen LogP contribution is 2.39. The number of para-hydroxylation sites is 2. The minimum atomic E-state index is 0.871. The van der Waals surface area contributed by atoms with Gasteiger partial charge in [-0.15, -0.1) is 0 Å². The summed E-state index contributed by atoms with van der Waals surface area (Å²) in [5.41, 5.74) is 7.89. The Kier molecular flexibility index (Phi) is 3.47. The third-order valence-corrected chi connectivity index (χ3v) is 4.47. The minimum Gasteiger partial charge on any atom is -0.337 e. The average Bonchev–Trinajstić information content (AvgIpc) is 2.61. The van der Waals surface area contributed by atoms with E-state index in [1.165, 1.54) is 33.6 Å². The lowest BCUT2D eigenvalue weighted by atomic mass is 9.95. The van der Waals surface area contributed by atoms with Gasteiger partial charge in [-0.3, -0.25) is 0 Å². The molecule has 23 heavy (non-hydrogen) atoms. The van der Waals surface area contributed by atoms with Crippen molar-refractivity contribution in [3.05, 3.63) is 102 Å². The molecule has 3 aromatic carbocycles. The lowest BCUT2D eigenvalue weighted by Gasteiger charge is -2.33. The fraction of sp³-hybridized carbons (Fsp3) is 0.0909. The van der Waals surface area contributed by atoms with E-state index in [0.29, 0.717) is 0 Å². The van der Waals surface area contributed by atoms with Gasteiger partial charge in [0.05, 0.1) is 0 Å². The molecule has 1 heterocycles. The summed E-state index contributed by atoms with van der Waals surface area (Å²) in [5, 5.41) is 0. The van der Waals surface area contributed by atoms with Crippen LogP contribution in [0.2, 0.25) is 0 Å². The van der Waals surface area contributed by atoms with Crippen molar-refractivity contribution in [1.82, 2.24) is 0 Å². The van der Waals surface area contributed by atoms with E-state index < -0.39 is 0 Å². The Labute approximate surface area is 137 Å². The van der Waals surface area contributed by atoms with E-state index in [1.807, 2.05) is 6.08 Å². The van der Waals surface area contributed by atoms with Crippen molar-refractivity contribution in [3.63, 3.8) is 0 Å². The first kappa shape index (κ1) is 13.8. The first-order chi connectivity index (χ1) is 11.3. The van der Waals surface area contributed by atoms with Crippen LogP contribution in [0, 0.1) is 0 Å². The third kappa shape index (κ3) is 2.55. The van der Waals surface area contributed by atoms with Crippen molar-refractivity contribution in [2.24, 2.45) is 0 Å². The first-order valence-corrected chi connectivity index (χ1v) is 8.00. The van der Waals surface area contributed by atoms with Crippen molar-refractivity contribution < 1.29 is 0 Å². The maximum atomic E-state index is 3.88. The van der Waals surface area contributed by atoms with Crippen LogP contribution in [0.5, 0.6) is 0 Å². The standard InChI is InChI=1S/C22H19N/c1-2-17-8-7-9-18(14-17)16-23-21-12-5-3-10-19(21)15-20-11-4-6-13-22(20)23/h2-14H,1,15-16H2. The Morgan fingerprint density at radius 3 is 2.13 bits per heavy atom. The second kappa shape index (κ2) is 5.77. The fourth-order valence-electron chi connectivity index (χ4n) is 3.35. The van der Waals surface area contributed by atoms with E-state index in [4.69, 9.17) is 0 Å². The van der Waals surface area contributed by atoms with Gasteiger partial charge >= 0.3 is 0 Å². The average molecular weight is 297 g/mol. The number of rotatable bonds is 3. The zero-order valence-electron chi connectivity index (χ0n) is 13.1. The van der Waals surface area contributed by atoms with E-state index >= 15 is 0 Å². The van der Waals surface area contributed by atoms with Gasteiger partial charge in [0.1, 0.15) is 0 Å².